The summed E-state index contributed by atoms with van der Waals surface area (Å²) in [6, 6.07) is 5.55. The van der Waals surface area contributed by atoms with Crippen LogP contribution in [0, 0.1) is 5.92 Å². The van der Waals surface area contributed by atoms with Gasteiger partial charge in [0, 0.05) is 24.9 Å². The summed E-state index contributed by atoms with van der Waals surface area (Å²) in [6.45, 7) is 3.47. The summed E-state index contributed by atoms with van der Waals surface area (Å²) in [5.41, 5.74) is 6.82. The van der Waals surface area contributed by atoms with E-state index < -0.39 is 0 Å². The molecule has 6 heteroatoms. The van der Waals surface area contributed by atoms with Crippen molar-refractivity contribution in [1.29, 1.82) is 0 Å². The molecule has 0 aromatic heterocycles. The number of guanidine groups is 1. The fourth-order valence-electron chi connectivity index (χ4n) is 3.41. The number of methoxy groups -OCH3 is 2. The molecule has 1 fully saturated rings. The fraction of sp³-hybridized carbons (Fsp3) is 0.632. The van der Waals surface area contributed by atoms with E-state index in [-0.39, 0.29) is 0 Å². The Kier molecular flexibility index (Phi) is 7.85. The minimum atomic E-state index is 0.296. The molecule has 0 aliphatic heterocycles. The van der Waals surface area contributed by atoms with E-state index in [4.69, 9.17) is 19.9 Å². The van der Waals surface area contributed by atoms with Gasteiger partial charge < -0.3 is 25.3 Å². The number of nitrogens with two attached hydrogens (primary N) is 1. The molecule has 1 aromatic rings. The van der Waals surface area contributed by atoms with Gasteiger partial charge in [-0.1, -0.05) is 12.8 Å². The molecule has 0 radical (unpaired) electrons. The standard InChI is InChI=1S/C19H31N3O3/c1-4-25-16(14-7-5-6-8-14)11-12-21-19(20)22-15-9-10-17(23-2)18(13-15)24-3/h9-10,13-14,16H,4-8,11-12H2,1-3H3,(H3,20,21,22). The van der Waals surface area contributed by atoms with Crippen molar-refractivity contribution >= 4 is 11.6 Å². The molecule has 1 aliphatic rings. The smallest absolute Gasteiger partial charge is 0.193 e. The Hall–Kier alpha value is -1.95. The molecule has 1 saturated carbocycles. The summed E-state index contributed by atoms with van der Waals surface area (Å²) < 4.78 is 16.4. The summed E-state index contributed by atoms with van der Waals surface area (Å²) in [6.07, 6.45) is 6.39. The summed E-state index contributed by atoms with van der Waals surface area (Å²) in [5, 5.41) is 3.09. The fourth-order valence-corrected chi connectivity index (χ4v) is 3.41. The van der Waals surface area contributed by atoms with Crippen LogP contribution in [0.5, 0.6) is 11.5 Å². The number of nitrogens with one attached hydrogen (secondary N) is 1. The lowest BCUT2D eigenvalue weighted by Crippen LogP contribution is -2.26. The number of ether oxygens (including phenoxy) is 3. The van der Waals surface area contributed by atoms with Crippen molar-refractivity contribution in [3.63, 3.8) is 0 Å². The minimum Gasteiger partial charge on any atom is -0.493 e. The molecule has 25 heavy (non-hydrogen) atoms. The number of nitrogens with zero attached hydrogens (tertiary/aromatic N) is 1. The highest BCUT2D eigenvalue weighted by atomic mass is 16.5. The maximum absolute atomic E-state index is 6.01. The number of aliphatic imine (C=N–C) groups is 1. The highest BCUT2D eigenvalue weighted by molar-refractivity contribution is 5.92. The van der Waals surface area contributed by atoms with E-state index in [0.29, 0.717) is 36.0 Å². The van der Waals surface area contributed by atoms with Gasteiger partial charge in [-0.2, -0.15) is 0 Å². The van der Waals surface area contributed by atoms with Crippen molar-refractivity contribution in [3.05, 3.63) is 18.2 Å². The van der Waals surface area contributed by atoms with Crippen molar-refractivity contribution < 1.29 is 14.2 Å². The first-order valence-electron chi connectivity index (χ1n) is 9.08. The van der Waals surface area contributed by atoms with Crippen LogP contribution in [0.4, 0.5) is 5.69 Å². The van der Waals surface area contributed by atoms with Gasteiger partial charge in [0.1, 0.15) is 0 Å². The van der Waals surface area contributed by atoms with Crippen LogP contribution in [0.15, 0.2) is 23.2 Å². The molecular formula is C19H31N3O3. The predicted molar refractivity (Wildman–Crippen MR) is 102 cm³/mol. The quantitative estimate of drug-likeness (QED) is 0.528. The Morgan fingerprint density at radius 1 is 1.24 bits per heavy atom. The van der Waals surface area contributed by atoms with E-state index >= 15 is 0 Å². The van der Waals surface area contributed by atoms with Crippen molar-refractivity contribution in [2.24, 2.45) is 16.6 Å². The summed E-state index contributed by atoms with van der Waals surface area (Å²) in [7, 11) is 3.22. The van der Waals surface area contributed by atoms with Crippen molar-refractivity contribution in [2.75, 3.05) is 32.7 Å². The highest BCUT2D eigenvalue weighted by Gasteiger charge is 2.24. The van der Waals surface area contributed by atoms with Crippen LogP contribution in [0.2, 0.25) is 0 Å². The van der Waals surface area contributed by atoms with Gasteiger partial charge in [0.05, 0.1) is 20.3 Å². The Labute approximate surface area is 150 Å². The normalized spacial score (nSPS) is 16.7. The first kappa shape index (κ1) is 19.4. The molecular weight excluding hydrogens is 318 g/mol. The van der Waals surface area contributed by atoms with Gasteiger partial charge in [-0.25, -0.2) is 0 Å². The molecule has 1 unspecified atom stereocenters. The van der Waals surface area contributed by atoms with Gasteiger partial charge >= 0.3 is 0 Å². The van der Waals surface area contributed by atoms with Crippen LogP contribution >= 0.6 is 0 Å². The third kappa shape index (κ3) is 5.81. The number of rotatable bonds is 9. The maximum atomic E-state index is 6.01. The van der Waals surface area contributed by atoms with E-state index in [1.54, 1.807) is 14.2 Å². The van der Waals surface area contributed by atoms with Crippen LogP contribution in [-0.4, -0.2) is 39.4 Å². The summed E-state index contributed by atoms with van der Waals surface area (Å²) >= 11 is 0. The zero-order chi connectivity index (χ0) is 18.1. The van der Waals surface area contributed by atoms with Crippen LogP contribution in [0.25, 0.3) is 0 Å². The number of hydrogen-bond acceptors (Lipinski definition) is 4. The summed E-state index contributed by atoms with van der Waals surface area (Å²) in [5.74, 6) is 2.40. The molecule has 1 aliphatic carbocycles. The summed E-state index contributed by atoms with van der Waals surface area (Å²) in [4.78, 5) is 4.44. The average molecular weight is 349 g/mol. The Morgan fingerprint density at radius 2 is 1.96 bits per heavy atom. The molecule has 6 nitrogen and oxygen atoms in total. The van der Waals surface area contributed by atoms with Gasteiger partial charge in [-0.15, -0.1) is 0 Å². The zero-order valence-corrected chi connectivity index (χ0v) is 15.6. The van der Waals surface area contributed by atoms with Crippen molar-refractivity contribution in [1.82, 2.24) is 0 Å². The van der Waals surface area contributed by atoms with Gasteiger partial charge in [0.25, 0.3) is 0 Å². The lowest BCUT2D eigenvalue weighted by atomic mass is 9.98. The predicted octanol–water partition coefficient (Wildman–Crippen LogP) is 3.42. The third-order valence-electron chi connectivity index (χ3n) is 4.66. The van der Waals surface area contributed by atoms with Gasteiger partial charge in [-0.05, 0) is 44.2 Å². The van der Waals surface area contributed by atoms with E-state index in [9.17, 15) is 0 Å². The lowest BCUT2D eigenvalue weighted by molar-refractivity contribution is 0.0178. The van der Waals surface area contributed by atoms with Gasteiger partial charge in [0.15, 0.2) is 17.5 Å². The minimum absolute atomic E-state index is 0.296. The molecule has 1 aromatic carbocycles. The maximum Gasteiger partial charge on any atom is 0.193 e. The van der Waals surface area contributed by atoms with E-state index in [2.05, 4.69) is 17.2 Å². The SMILES string of the molecule is CCOC(CCN=C(N)Nc1ccc(OC)c(OC)c1)C1CCCC1. The number of anilines is 1. The van der Waals surface area contributed by atoms with Crippen LogP contribution < -0.4 is 20.5 Å². The molecule has 140 valence electrons. The monoisotopic (exact) mass is 349 g/mol. The van der Waals surface area contributed by atoms with Crippen LogP contribution in [0.1, 0.15) is 39.0 Å². The van der Waals surface area contributed by atoms with Crippen LogP contribution in [0.3, 0.4) is 0 Å². The highest BCUT2D eigenvalue weighted by Crippen LogP contribution is 2.31. The largest absolute Gasteiger partial charge is 0.493 e. The van der Waals surface area contributed by atoms with E-state index in [1.165, 1.54) is 25.7 Å². The number of benzene rings is 1. The molecule has 0 heterocycles. The Morgan fingerprint density at radius 3 is 2.60 bits per heavy atom. The molecule has 0 amide bonds. The second-order valence-corrected chi connectivity index (χ2v) is 6.29. The van der Waals surface area contributed by atoms with Gasteiger partial charge in [-0.3, -0.25) is 4.99 Å². The first-order valence-corrected chi connectivity index (χ1v) is 9.08. The van der Waals surface area contributed by atoms with E-state index in [0.717, 1.165) is 18.7 Å². The second-order valence-electron chi connectivity index (χ2n) is 6.29. The molecule has 1 atom stereocenters. The van der Waals surface area contributed by atoms with Crippen LogP contribution in [-0.2, 0) is 4.74 Å². The topological polar surface area (TPSA) is 78.1 Å². The van der Waals surface area contributed by atoms with E-state index in [1.807, 2.05) is 18.2 Å². The third-order valence-corrected chi connectivity index (χ3v) is 4.66. The lowest BCUT2D eigenvalue weighted by Gasteiger charge is -2.22. The zero-order valence-electron chi connectivity index (χ0n) is 15.6. The molecule has 2 rings (SSSR count). The van der Waals surface area contributed by atoms with Crippen molar-refractivity contribution in [2.45, 2.75) is 45.1 Å². The average Bonchev–Trinajstić information content (AvgIpc) is 3.15. The number of hydrogen-bond donors (Lipinski definition) is 2. The molecule has 0 saturated heterocycles. The Balaban J connectivity index is 1.88. The Bertz CT molecular complexity index is 557. The molecule has 3 N–H and O–H groups in total. The van der Waals surface area contributed by atoms with Crippen molar-refractivity contribution in [3.8, 4) is 11.5 Å². The first-order chi connectivity index (χ1) is 12.2. The second kappa shape index (κ2) is 10.1. The molecule has 0 bridgehead atoms. The molecule has 0 spiro atoms. The van der Waals surface area contributed by atoms with Gasteiger partial charge in [0.2, 0.25) is 0 Å².